The molecule has 0 fully saturated rings. The number of methoxy groups -OCH3 is 1. The number of hydrogen-bond donors (Lipinski definition) is 2. The summed E-state index contributed by atoms with van der Waals surface area (Å²) in [5, 5.41) is 11.3. The number of hydrogen-bond acceptors (Lipinski definition) is 4. The second kappa shape index (κ2) is 5.30. The first-order chi connectivity index (χ1) is 9.78. The van der Waals surface area contributed by atoms with E-state index >= 15 is 0 Å². The molecular formula is C15H15N3O2. The second-order valence-electron chi connectivity index (χ2n) is 4.59. The van der Waals surface area contributed by atoms with Gasteiger partial charge in [0.05, 0.1) is 18.7 Å². The highest BCUT2D eigenvalue weighted by Gasteiger charge is 2.16. The lowest BCUT2D eigenvalue weighted by atomic mass is 10.0. The Labute approximate surface area is 116 Å². The van der Waals surface area contributed by atoms with Crippen LogP contribution in [-0.4, -0.2) is 27.2 Å². The number of fused-ring (bicyclic) bond motifs is 1. The molecule has 3 rings (SSSR count). The lowest BCUT2D eigenvalue weighted by Crippen LogP contribution is -2.05. The SMILES string of the molecule is COc1cc2ncncc2cc1C(O)Cc1ccc[nH]1. The fourth-order valence-electron chi connectivity index (χ4n) is 2.28. The van der Waals surface area contributed by atoms with Gasteiger partial charge < -0.3 is 14.8 Å². The molecule has 0 aliphatic rings. The summed E-state index contributed by atoms with van der Waals surface area (Å²) < 4.78 is 5.36. The molecule has 0 radical (unpaired) electrons. The third-order valence-electron chi connectivity index (χ3n) is 3.29. The maximum atomic E-state index is 10.4. The zero-order valence-corrected chi connectivity index (χ0v) is 11.1. The van der Waals surface area contributed by atoms with E-state index in [4.69, 9.17) is 4.74 Å². The van der Waals surface area contributed by atoms with Gasteiger partial charge in [0.2, 0.25) is 0 Å². The van der Waals surface area contributed by atoms with Gasteiger partial charge in [-0.25, -0.2) is 9.97 Å². The number of aliphatic hydroxyl groups excluding tert-OH is 1. The van der Waals surface area contributed by atoms with Crippen molar-refractivity contribution in [1.29, 1.82) is 0 Å². The first-order valence-corrected chi connectivity index (χ1v) is 6.36. The first-order valence-electron chi connectivity index (χ1n) is 6.36. The summed E-state index contributed by atoms with van der Waals surface area (Å²) in [5.41, 5.74) is 2.51. The predicted molar refractivity (Wildman–Crippen MR) is 75.5 cm³/mol. The Balaban J connectivity index is 2.00. The van der Waals surface area contributed by atoms with Crippen molar-refractivity contribution < 1.29 is 9.84 Å². The molecular weight excluding hydrogens is 254 g/mol. The van der Waals surface area contributed by atoms with Crippen LogP contribution >= 0.6 is 0 Å². The highest BCUT2D eigenvalue weighted by Crippen LogP contribution is 2.30. The van der Waals surface area contributed by atoms with Crippen LogP contribution in [0.5, 0.6) is 5.75 Å². The Hall–Kier alpha value is -2.40. The average Bonchev–Trinajstić information content (AvgIpc) is 2.98. The fourth-order valence-corrected chi connectivity index (χ4v) is 2.28. The van der Waals surface area contributed by atoms with E-state index < -0.39 is 6.10 Å². The minimum absolute atomic E-state index is 0.503. The van der Waals surface area contributed by atoms with Gasteiger partial charge in [-0.3, -0.25) is 0 Å². The molecule has 2 aromatic heterocycles. The number of aliphatic hydroxyl groups is 1. The van der Waals surface area contributed by atoms with Gasteiger partial charge >= 0.3 is 0 Å². The molecule has 2 heterocycles. The monoisotopic (exact) mass is 269 g/mol. The molecule has 2 N–H and O–H groups in total. The maximum absolute atomic E-state index is 10.4. The van der Waals surface area contributed by atoms with Crippen molar-refractivity contribution in [2.45, 2.75) is 12.5 Å². The van der Waals surface area contributed by atoms with E-state index in [0.717, 1.165) is 22.2 Å². The van der Waals surface area contributed by atoms with Gasteiger partial charge in [0.25, 0.3) is 0 Å². The number of aromatic amines is 1. The minimum Gasteiger partial charge on any atom is -0.496 e. The molecule has 5 nitrogen and oxygen atoms in total. The molecule has 1 unspecified atom stereocenters. The zero-order chi connectivity index (χ0) is 13.9. The first kappa shape index (κ1) is 12.6. The van der Waals surface area contributed by atoms with Crippen molar-refractivity contribution in [3.63, 3.8) is 0 Å². The molecule has 1 atom stereocenters. The Morgan fingerprint density at radius 1 is 1.40 bits per heavy atom. The quantitative estimate of drug-likeness (QED) is 0.762. The van der Waals surface area contributed by atoms with Gasteiger partial charge in [-0.2, -0.15) is 0 Å². The summed E-state index contributed by atoms with van der Waals surface area (Å²) >= 11 is 0. The van der Waals surface area contributed by atoms with Crippen LogP contribution in [0.25, 0.3) is 10.9 Å². The summed E-state index contributed by atoms with van der Waals surface area (Å²) in [4.78, 5) is 11.3. The number of aromatic nitrogens is 3. The Morgan fingerprint density at radius 3 is 3.05 bits per heavy atom. The van der Waals surface area contributed by atoms with Gasteiger partial charge in [0.1, 0.15) is 12.1 Å². The Bertz CT molecular complexity index is 710. The molecule has 0 amide bonds. The molecule has 0 aliphatic carbocycles. The molecule has 20 heavy (non-hydrogen) atoms. The lowest BCUT2D eigenvalue weighted by Gasteiger charge is -2.15. The summed E-state index contributed by atoms with van der Waals surface area (Å²) in [7, 11) is 1.59. The van der Waals surface area contributed by atoms with Crippen molar-refractivity contribution in [3.05, 3.63) is 54.2 Å². The summed E-state index contributed by atoms with van der Waals surface area (Å²) in [6.07, 6.45) is 4.92. The normalized spacial score (nSPS) is 12.5. The summed E-state index contributed by atoms with van der Waals surface area (Å²) in [6.45, 7) is 0. The van der Waals surface area contributed by atoms with Crippen molar-refractivity contribution in [3.8, 4) is 5.75 Å². The van der Waals surface area contributed by atoms with Gasteiger partial charge in [-0.1, -0.05) is 0 Å². The minimum atomic E-state index is -0.645. The third-order valence-corrected chi connectivity index (χ3v) is 3.29. The van der Waals surface area contributed by atoms with Gasteiger partial charge in [-0.05, 0) is 18.2 Å². The number of benzene rings is 1. The molecule has 1 aromatic carbocycles. The van der Waals surface area contributed by atoms with Crippen LogP contribution in [0.15, 0.2) is 43.0 Å². The molecule has 3 aromatic rings. The largest absolute Gasteiger partial charge is 0.496 e. The Morgan fingerprint density at radius 2 is 2.30 bits per heavy atom. The molecule has 0 bridgehead atoms. The molecule has 0 aliphatic heterocycles. The molecule has 0 spiro atoms. The molecule has 102 valence electrons. The van der Waals surface area contributed by atoms with Crippen LogP contribution in [-0.2, 0) is 6.42 Å². The van der Waals surface area contributed by atoms with E-state index in [2.05, 4.69) is 15.0 Å². The number of nitrogens with zero attached hydrogens (tertiary/aromatic N) is 2. The van der Waals surface area contributed by atoms with Crippen molar-refractivity contribution in [1.82, 2.24) is 15.0 Å². The smallest absolute Gasteiger partial charge is 0.126 e. The van der Waals surface area contributed by atoms with Crippen molar-refractivity contribution in [2.24, 2.45) is 0 Å². The Kier molecular flexibility index (Phi) is 3.35. The van der Waals surface area contributed by atoms with Crippen molar-refractivity contribution in [2.75, 3.05) is 7.11 Å². The summed E-state index contributed by atoms with van der Waals surface area (Å²) in [6, 6.07) is 7.55. The lowest BCUT2D eigenvalue weighted by molar-refractivity contribution is 0.173. The van der Waals surface area contributed by atoms with E-state index in [-0.39, 0.29) is 0 Å². The average molecular weight is 269 g/mol. The highest BCUT2D eigenvalue weighted by molar-refractivity contribution is 5.80. The van der Waals surface area contributed by atoms with E-state index in [1.807, 2.05) is 30.5 Å². The van der Waals surface area contributed by atoms with Crippen LogP contribution in [0.1, 0.15) is 17.4 Å². The van der Waals surface area contributed by atoms with Gasteiger partial charge in [0, 0.05) is 41.5 Å². The number of ether oxygens (including phenoxy) is 1. The molecule has 0 saturated heterocycles. The standard InChI is InChI=1S/C15H15N3O2/c1-20-15-7-13-10(8-16-9-18-13)5-12(15)14(19)6-11-3-2-4-17-11/h2-5,7-9,14,17,19H,6H2,1H3. The number of rotatable bonds is 4. The zero-order valence-electron chi connectivity index (χ0n) is 11.1. The topological polar surface area (TPSA) is 71.0 Å². The van der Waals surface area contributed by atoms with Crippen LogP contribution in [0.4, 0.5) is 0 Å². The van der Waals surface area contributed by atoms with Crippen LogP contribution in [0.3, 0.4) is 0 Å². The predicted octanol–water partition coefficient (Wildman–Crippen LogP) is 2.24. The molecule has 0 saturated carbocycles. The van der Waals surface area contributed by atoms with Gasteiger partial charge in [0.15, 0.2) is 0 Å². The van der Waals surface area contributed by atoms with E-state index in [1.165, 1.54) is 6.33 Å². The number of nitrogens with one attached hydrogen (secondary N) is 1. The highest BCUT2D eigenvalue weighted by atomic mass is 16.5. The van der Waals surface area contributed by atoms with Crippen LogP contribution in [0.2, 0.25) is 0 Å². The number of H-pyrrole nitrogens is 1. The van der Waals surface area contributed by atoms with Crippen LogP contribution in [0, 0.1) is 0 Å². The van der Waals surface area contributed by atoms with E-state index in [0.29, 0.717) is 12.2 Å². The third kappa shape index (κ3) is 2.35. The molecule has 5 heteroatoms. The maximum Gasteiger partial charge on any atom is 0.126 e. The summed E-state index contributed by atoms with van der Waals surface area (Å²) in [5.74, 6) is 0.634. The fraction of sp³-hybridized carbons (Fsp3) is 0.200. The van der Waals surface area contributed by atoms with Gasteiger partial charge in [-0.15, -0.1) is 0 Å². The second-order valence-corrected chi connectivity index (χ2v) is 4.59. The van der Waals surface area contributed by atoms with Crippen LogP contribution < -0.4 is 4.74 Å². The van der Waals surface area contributed by atoms with E-state index in [1.54, 1.807) is 13.3 Å². The van der Waals surface area contributed by atoms with Crippen molar-refractivity contribution >= 4 is 10.9 Å². The van der Waals surface area contributed by atoms with E-state index in [9.17, 15) is 5.11 Å².